The number of piperidine rings is 1. The van der Waals surface area contributed by atoms with Gasteiger partial charge in [-0.15, -0.1) is 0 Å². The molecule has 1 amide bonds. The molecule has 0 spiro atoms. The average molecular weight is 540 g/mol. The van der Waals surface area contributed by atoms with Gasteiger partial charge in [-0.2, -0.15) is 0 Å². The first kappa shape index (κ1) is 25.2. The Bertz CT molecular complexity index is 1380. The highest BCUT2D eigenvalue weighted by Gasteiger charge is 2.25. The molecule has 0 radical (unpaired) electrons. The molecule has 0 atom stereocenters. The Morgan fingerprint density at radius 2 is 1.57 bits per heavy atom. The number of sulfonamides is 1. The second-order valence-electron chi connectivity index (χ2n) is 8.02. The second kappa shape index (κ2) is 10.4. The van der Waals surface area contributed by atoms with E-state index < -0.39 is 27.6 Å². The summed E-state index contributed by atoms with van der Waals surface area (Å²) in [5, 5.41) is 2.47. The van der Waals surface area contributed by atoms with E-state index in [4.69, 9.17) is 23.2 Å². The van der Waals surface area contributed by atoms with Crippen LogP contribution in [0.5, 0.6) is 0 Å². The minimum atomic E-state index is -4.12. The number of halogens is 4. The second-order valence-corrected chi connectivity index (χ2v) is 10.5. The summed E-state index contributed by atoms with van der Waals surface area (Å²) in [5.41, 5.74) is 0.537. The molecule has 11 heteroatoms. The van der Waals surface area contributed by atoms with Crippen molar-refractivity contribution in [3.8, 4) is 0 Å². The van der Waals surface area contributed by atoms with E-state index in [0.717, 1.165) is 19.3 Å². The number of para-hydroxylation sites is 1. The minimum absolute atomic E-state index is 0.0616. The number of hydrogen-bond donors (Lipinski definition) is 2. The Morgan fingerprint density at radius 1 is 0.886 bits per heavy atom. The first-order chi connectivity index (χ1) is 16.7. The van der Waals surface area contributed by atoms with E-state index in [0.29, 0.717) is 30.9 Å². The van der Waals surface area contributed by atoms with Crippen LogP contribution in [0.25, 0.3) is 0 Å². The number of amides is 1. The summed E-state index contributed by atoms with van der Waals surface area (Å²) in [6.07, 6.45) is 2.90. The number of nitrogens with one attached hydrogen (secondary N) is 2. The van der Waals surface area contributed by atoms with Crippen LogP contribution < -0.4 is 14.9 Å². The highest BCUT2D eigenvalue weighted by atomic mass is 35.5. The molecule has 1 aliphatic rings. The van der Waals surface area contributed by atoms with Crippen LogP contribution in [0.1, 0.15) is 29.6 Å². The van der Waals surface area contributed by atoms with Crippen LogP contribution in [0, 0.1) is 11.6 Å². The maximum Gasteiger partial charge on any atom is 0.264 e. The third-order valence-electron chi connectivity index (χ3n) is 5.58. The van der Waals surface area contributed by atoms with Gasteiger partial charge in [0, 0.05) is 18.8 Å². The maximum absolute atomic E-state index is 13.7. The van der Waals surface area contributed by atoms with Gasteiger partial charge < -0.3 is 10.2 Å². The van der Waals surface area contributed by atoms with E-state index >= 15 is 0 Å². The molecule has 184 valence electrons. The molecule has 3 aromatic carbocycles. The van der Waals surface area contributed by atoms with Gasteiger partial charge >= 0.3 is 0 Å². The van der Waals surface area contributed by atoms with Crippen LogP contribution in [0.2, 0.25) is 10.0 Å². The quantitative estimate of drug-likeness (QED) is 0.359. The van der Waals surface area contributed by atoms with Crippen molar-refractivity contribution in [3.63, 3.8) is 0 Å². The lowest BCUT2D eigenvalue weighted by Gasteiger charge is -2.30. The molecule has 0 saturated carbocycles. The fourth-order valence-electron chi connectivity index (χ4n) is 3.84. The van der Waals surface area contributed by atoms with Gasteiger partial charge in [0.05, 0.1) is 27.0 Å². The first-order valence-corrected chi connectivity index (χ1v) is 13.0. The largest absolute Gasteiger partial charge is 0.370 e. The van der Waals surface area contributed by atoms with Gasteiger partial charge in [-0.25, -0.2) is 17.2 Å². The molecule has 1 aliphatic heterocycles. The molecule has 35 heavy (non-hydrogen) atoms. The lowest BCUT2D eigenvalue weighted by Crippen LogP contribution is -2.31. The van der Waals surface area contributed by atoms with E-state index in [2.05, 4.69) is 10.0 Å². The number of benzene rings is 3. The highest BCUT2D eigenvalue weighted by molar-refractivity contribution is 7.93. The standard InChI is InChI=1S/C24H21Cl2F2N3O3S/c25-17-6-2-3-7-21(17)30-35(33,34)23-12-15(8-9-22(23)31-10-4-1-5-11-31)29-24(32)16-13-19(27)20(28)14-18(16)26/h2-3,6-9,12-14,30H,1,4-5,10-11H2,(H,29,32). The van der Waals surface area contributed by atoms with Crippen molar-refractivity contribution in [2.45, 2.75) is 24.2 Å². The zero-order valence-electron chi connectivity index (χ0n) is 18.3. The number of anilines is 3. The van der Waals surface area contributed by atoms with Crippen LogP contribution in [0.15, 0.2) is 59.5 Å². The van der Waals surface area contributed by atoms with Crippen molar-refractivity contribution in [2.24, 2.45) is 0 Å². The van der Waals surface area contributed by atoms with Gasteiger partial charge in [0.2, 0.25) is 0 Å². The van der Waals surface area contributed by atoms with Gasteiger partial charge in [0.1, 0.15) is 4.90 Å². The molecule has 0 aliphatic carbocycles. The molecular formula is C24H21Cl2F2N3O3S. The summed E-state index contributed by atoms with van der Waals surface area (Å²) >= 11 is 12.1. The summed E-state index contributed by atoms with van der Waals surface area (Å²) in [6.45, 7) is 1.37. The lowest BCUT2D eigenvalue weighted by atomic mass is 10.1. The molecule has 0 unspecified atom stereocenters. The monoisotopic (exact) mass is 539 g/mol. The third kappa shape index (κ3) is 5.69. The molecule has 1 heterocycles. The zero-order chi connectivity index (χ0) is 25.2. The molecule has 6 nitrogen and oxygen atoms in total. The summed E-state index contributed by atoms with van der Waals surface area (Å²) in [5.74, 6) is -3.23. The minimum Gasteiger partial charge on any atom is -0.370 e. The van der Waals surface area contributed by atoms with Crippen LogP contribution in [-0.2, 0) is 10.0 Å². The van der Waals surface area contributed by atoms with E-state index in [1.165, 1.54) is 12.1 Å². The normalized spacial score (nSPS) is 14.0. The van der Waals surface area contributed by atoms with Crippen LogP contribution in [-0.4, -0.2) is 27.4 Å². The van der Waals surface area contributed by atoms with Gasteiger partial charge in [0.15, 0.2) is 11.6 Å². The van der Waals surface area contributed by atoms with Gasteiger partial charge in [-0.05, 0) is 61.7 Å². The Hall–Kier alpha value is -2.88. The van der Waals surface area contributed by atoms with E-state index in [1.807, 2.05) is 4.90 Å². The van der Waals surface area contributed by atoms with Gasteiger partial charge in [-0.1, -0.05) is 35.3 Å². The highest BCUT2D eigenvalue weighted by Crippen LogP contribution is 2.33. The Morgan fingerprint density at radius 3 is 2.29 bits per heavy atom. The summed E-state index contributed by atoms with van der Waals surface area (Å²) < 4.78 is 56.4. The Kier molecular flexibility index (Phi) is 7.49. The topological polar surface area (TPSA) is 78.5 Å². The van der Waals surface area contributed by atoms with Crippen molar-refractivity contribution in [3.05, 3.63) is 81.8 Å². The fourth-order valence-corrected chi connectivity index (χ4v) is 5.65. The fraction of sp³-hybridized carbons (Fsp3) is 0.208. The predicted octanol–water partition coefficient (Wildman–Crippen LogP) is 6.32. The van der Waals surface area contributed by atoms with Crippen LogP contribution in [0.3, 0.4) is 0 Å². The number of carbonyl (C=O) groups is 1. The van der Waals surface area contributed by atoms with Crippen molar-refractivity contribution in [1.82, 2.24) is 0 Å². The molecule has 2 N–H and O–H groups in total. The summed E-state index contributed by atoms with van der Waals surface area (Å²) in [6, 6.07) is 12.3. The maximum atomic E-state index is 13.7. The summed E-state index contributed by atoms with van der Waals surface area (Å²) in [7, 11) is -4.12. The lowest BCUT2D eigenvalue weighted by molar-refractivity contribution is 0.102. The van der Waals surface area contributed by atoms with Crippen LogP contribution in [0.4, 0.5) is 25.8 Å². The first-order valence-electron chi connectivity index (χ1n) is 10.8. The number of rotatable bonds is 6. The number of nitrogens with zero attached hydrogens (tertiary/aromatic N) is 1. The Balaban J connectivity index is 1.71. The molecule has 4 rings (SSSR count). The molecule has 0 aromatic heterocycles. The molecule has 3 aromatic rings. The summed E-state index contributed by atoms with van der Waals surface area (Å²) in [4.78, 5) is 14.6. The molecular weight excluding hydrogens is 519 g/mol. The Labute approximate surface area is 211 Å². The van der Waals surface area contributed by atoms with Crippen LogP contribution >= 0.6 is 23.2 Å². The molecule has 1 fully saturated rings. The van der Waals surface area contributed by atoms with Gasteiger partial charge in [-0.3, -0.25) is 9.52 Å². The van der Waals surface area contributed by atoms with Crippen molar-refractivity contribution < 1.29 is 22.0 Å². The number of carbonyl (C=O) groups excluding carboxylic acids is 1. The number of hydrogen-bond acceptors (Lipinski definition) is 4. The van der Waals surface area contributed by atoms with E-state index in [1.54, 1.807) is 30.3 Å². The van der Waals surface area contributed by atoms with E-state index in [-0.39, 0.29) is 31.9 Å². The van der Waals surface area contributed by atoms with Gasteiger partial charge in [0.25, 0.3) is 15.9 Å². The molecule has 1 saturated heterocycles. The van der Waals surface area contributed by atoms with Crippen molar-refractivity contribution in [1.29, 1.82) is 0 Å². The van der Waals surface area contributed by atoms with Crippen molar-refractivity contribution >= 4 is 56.2 Å². The predicted molar refractivity (Wildman–Crippen MR) is 134 cm³/mol. The smallest absolute Gasteiger partial charge is 0.264 e. The van der Waals surface area contributed by atoms with E-state index in [9.17, 15) is 22.0 Å². The zero-order valence-corrected chi connectivity index (χ0v) is 20.7. The average Bonchev–Trinajstić information content (AvgIpc) is 2.83. The third-order valence-corrected chi connectivity index (χ3v) is 7.61. The molecule has 0 bridgehead atoms. The SMILES string of the molecule is O=C(Nc1ccc(N2CCCCC2)c(S(=O)(=O)Nc2ccccc2Cl)c1)c1cc(F)c(F)cc1Cl. The van der Waals surface area contributed by atoms with Crippen molar-refractivity contribution in [2.75, 3.05) is 28.0 Å².